The number of anilines is 1. The van der Waals surface area contributed by atoms with Gasteiger partial charge in [0.15, 0.2) is 0 Å². The van der Waals surface area contributed by atoms with Gasteiger partial charge >= 0.3 is 23.3 Å². The Balaban J connectivity index is 2.26. The van der Waals surface area contributed by atoms with Crippen molar-refractivity contribution in [3.63, 3.8) is 0 Å². The first-order valence-corrected chi connectivity index (χ1v) is 10.2. The van der Waals surface area contributed by atoms with Crippen molar-refractivity contribution in [1.82, 2.24) is 9.29 Å². The minimum atomic E-state index is -4.38. The van der Waals surface area contributed by atoms with Crippen LogP contribution in [-0.4, -0.2) is 72.0 Å². The van der Waals surface area contributed by atoms with Crippen molar-refractivity contribution in [3.8, 4) is 0 Å². The molecule has 1 amide bonds. The molecule has 1 saturated heterocycles. The van der Waals surface area contributed by atoms with Crippen LogP contribution in [0.25, 0.3) is 0 Å². The Hall–Kier alpha value is -1.55. The van der Waals surface area contributed by atoms with Crippen LogP contribution in [-0.2, 0) is 15.0 Å². The molecule has 28 heavy (non-hydrogen) atoms. The van der Waals surface area contributed by atoms with Crippen LogP contribution >= 0.6 is 0 Å². The fraction of sp³-hybridized carbons (Fsp3) is 0.714. The maximum Gasteiger partial charge on any atom is 0.451 e. The molecule has 0 spiro atoms. The molecule has 8 N–H and O–H groups in total. The second kappa shape index (κ2) is 8.86. The summed E-state index contributed by atoms with van der Waals surface area (Å²) >= 11 is 0. The van der Waals surface area contributed by atoms with Crippen LogP contribution in [0.5, 0.6) is 0 Å². The Labute approximate surface area is 164 Å². The van der Waals surface area contributed by atoms with Gasteiger partial charge in [-0.3, -0.25) is 4.79 Å². The van der Waals surface area contributed by atoms with Crippen molar-refractivity contribution in [2.75, 3.05) is 23.9 Å². The summed E-state index contributed by atoms with van der Waals surface area (Å²) in [6.07, 6.45) is 3.46. The molecule has 1 fully saturated rings. The Morgan fingerprint density at radius 3 is 2.79 bits per heavy atom. The molecule has 1 aromatic rings. The fourth-order valence-corrected chi connectivity index (χ4v) is 4.85. The lowest BCUT2D eigenvalue weighted by atomic mass is 9.79. The number of hydrogen-bond donors (Lipinski definition) is 5. The Kier molecular flexibility index (Phi) is 7.19. The van der Waals surface area contributed by atoms with E-state index < -0.39 is 40.8 Å². The van der Waals surface area contributed by atoms with E-state index in [2.05, 4.69) is 4.98 Å². The van der Waals surface area contributed by atoms with Crippen molar-refractivity contribution in [3.05, 3.63) is 12.5 Å². The zero-order valence-corrected chi connectivity index (χ0v) is 16.5. The lowest BCUT2D eigenvalue weighted by molar-refractivity contribution is -0.118. The molecule has 1 aliphatic rings. The van der Waals surface area contributed by atoms with Crippen LogP contribution in [0.4, 0.5) is 6.01 Å². The average Bonchev–Trinajstić information content (AvgIpc) is 3.22. The Morgan fingerprint density at radius 1 is 1.57 bits per heavy atom. The van der Waals surface area contributed by atoms with Gasteiger partial charge in [-0.25, -0.2) is 4.98 Å². The molecular formula is C14H27BN6O6S. The van der Waals surface area contributed by atoms with E-state index in [4.69, 9.17) is 31.7 Å². The molecule has 158 valence electrons. The molecule has 0 bridgehead atoms. The highest BCUT2D eigenvalue weighted by molar-refractivity contribution is 7.91. The van der Waals surface area contributed by atoms with Crippen LogP contribution < -0.4 is 21.5 Å². The number of carbonyl (C=O) groups is 1. The summed E-state index contributed by atoms with van der Waals surface area (Å²) in [5.41, 5.74) is 16.5. The molecule has 12 nitrogen and oxygen atoms in total. The van der Waals surface area contributed by atoms with Gasteiger partial charge in [-0.2, -0.15) is 12.7 Å². The molecule has 2 rings (SSSR count). The smallest absolute Gasteiger partial charge is 0.431 e. The summed E-state index contributed by atoms with van der Waals surface area (Å²) in [6, 6.07) is -1.69. The normalized spacial score (nSPS) is 24.3. The zero-order valence-electron chi connectivity index (χ0n) is 15.6. The molecule has 1 aromatic heterocycles. The molecule has 0 radical (unpaired) electrons. The zero-order chi connectivity index (χ0) is 21.1. The van der Waals surface area contributed by atoms with Gasteiger partial charge in [-0.05, 0) is 25.6 Å². The number of amides is 1. The van der Waals surface area contributed by atoms with Crippen molar-refractivity contribution < 1.29 is 27.7 Å². The standard InChI is InChI=1S/C14H27BN6O6S/c1-14(18)9-20(8-10(14)3-2-4-15(23)24)28(25,26)21(12(22)11(17)7-16)13-19-5-6-27-13/h5-6,10-11,23-24H,2-4,7-9,16-18H2,1H3/t10-,11?,14-/m0/s1. The van der Waals surface area contributed by atoms with E-state index in [1.54, 1.807) is 6.92 Å². The van der Waals surface area contributed by atoms with E-state index in [-0.39, 0.29) is 31.9 Å². The quantitative estimate of drug-likeness (QED) is 0.265. The summed E-state index contributed by atoms with van der Waals surface area (Å²) in [5, 5.41) is 18.0. The second-order valence-electron chi connectivity index (χ2n) is 7.17. The number of nitrogens with zero attached hydrogens (tertiary/aromatic N) is 3. The van der Waals surface area contributed by atoms with Crippen LogP contribution in [0.1, 0.15) is 19.8 Å². The molecule has 0 saturated carbocycles. The molecule has 1 unspecified atom stereocenters. The van der Waals surface area contributed by atoms with Gasteiger partial charge in [0.2, 0.25) is 0 Å². The molecule has 0 aliphatic carbocycles. The molecule has 3 atom stereocenters. The minimum absolute atomic E-state index is 0.0377. The maximum atomic E-state index is 13.2. The topological polar surface area (TPSA) is 202 Å². The van der Waals surface area contributed by atoms with Gasteiger partial charge in [0, 0.05) is 25.2 Å². The van der Waals surface area contributed by atoms with E-state index in [0.717, 1.165) is 10.6 Å². The summed E-state index contributed by atoms with van der Waals surface area (Å²) in [4.78, 5) is 16.4. The molecule has 0 aromatic carbocycles. The third-order valence-corrected chi connectivity index (χ3v) is 6.54. The lowest BCUT2D eigenvalue weighted by Crippen LogP contribution is -2.54. The van der Waals surface area contributed by atoms with E-state index in [1.165, 1.54) is 6.20 Å². The van der Waals surface area contributed by atoms with E-state index in [0.29, 0.717) is 17.1 Å². The van der Waals surface area contributed by atoms with E-state index in [9.17, 15) is 13.2 Å². The summed E-state index contributed by atoms with van der Waals surface area (Å²) in [6.45, 7) is 1.47. The minimum Gasteiger partial charge on any atom is -0.431 e. The van der Waals surface area contributed by atoms with Gasteiger partial charge in [-0.1, -0.05) is 6.42 Å². The maximum absolute atomic E-state index is 13.2. The van der Waals surface area contributed by atoms with Crippen LogP contribution in [0.2, 0.25) is 6.32 Å². The number of carbonyl (C=O) groups excluding carboxylic acids is 1. The van der Waals surface area contributed by atoms with Crippen molar-refractivity contribution >= 4 is 29.2 Å². The first-order chi connectivity index (χ1) is 13.0. The first kappa shape index (κ1) is 22.7. The highest BCUT2D eigenvalue weighted by Gasteiger charge is 2.48. The van der Waals surface area contributed by atoms with Crippen LogP contribution in [0.3, 0.4) is 0 Å². The largest absolute Gasteiger partial charge is 0.451 e. The number of nitrogens with two attached hydrogens (primary N) is 3. The van der Waals surface area contributed by atoms with Crippen molar-refractivity contribution in [2.45, 2.75) is 37.7 Å². The Morgan fingerprint density at radius 2 is 2.25 bits per heavy atom. The van der Waals surface area contributed by atoms with Crippen molar-refractivity contribution in [1.29, 1.82) is 0 Å². The molecular weight excluding hydrogens is 391 g/mol. The molecule has 2 heterocycles. The fourth-order valence-electron chi connectivity index (χ4n) is 3.16. The third kappa shape index (κ3) is 4.89. The summed E-state index contributed by atoms with van der Waals surface area (Å²) < 4.78 is 32.9. The SMILES string of the molecule is C[C@]1(N)CN(S(=O)(=O)N(C(=O)C(N)CN)c2ncco2)C[C@@H]1CCCB(O)O. The number of hydrogen-bond acceptors (Lipinski definition) is 10. The highest BCUT2D eigenvalue weighted by Crippen LogP contribution is 2.33. The van der Waals surface area contributed by atoms with Crippen LogP contribution in [0, 0.1) is 5.92 Å². The molecule has 14 heteroatoms. The van der Waals surface area contributed by atoms with E-state index in [1.807, 2.05) is 0 Å². The predicted molar refractivity (Wildman–Crippen MR) is 102 cm³/mol. The molecule has 1 aliphatic heterocycles. The van der Waals surface area contributed by atoms with Gasteiger partial charge in [0.05, 0.1) is 12.2 Å². The highest BCUT2D eigenvalue weighted by atomic mass is 32.2. The van der Waals surface area contributed by atoms with Crippen LogP contribution in [0.15, 0.2) is 16.9 Å². The number of rotatable bonds is 9. The second-order valence-corrected chi connectivity index (χ2v) is 8.95. The predicted octanol–water partition coefficient (Wildman–Crippen LogP) is -2.56. The number of aromatic nitrogens is 1. The first-order valence-electron chi connectivity index (χ1n) is 8.85. The summed E-state index contributed by atoms with van der Waals surface area (Å²) in [7, 11) is -5.81. The monoisotopic (exact) mass is 418 g/mol. The Bertz CT molecular complexity index is 758. The van der Waals surface area contributed by atoms with Gasteiger partial charge in [0.1, 0.15) is 6.26 Å². The average molecular weight is 418 g/mol. The van der Waals surface area contributed by atoms with Gasteiger partial charge in [-0.15, -0.1) is 4.31 Å². The lowest BCUT2D eigenvalue weighted by Gasteiger charge is -2.27. The van der Waals surface area contributed by atoms with E-state index >= 15 is 0 Å². The van der Waals surface area contributed by atoms with Gasteiger partial charge < -0.3 is 31.7 Å². The van der Waals surface area contributed by atoms with Crippen molar-refractivity contribution in [2.24, 2.45) is 23.1 Å². The number of oxazole rings is 1. The van der Waals surface area contributed by atoms with Gasteiger partial charge in [0.25, 0.3) is 5.91 Å². The summed E-state index contributed by atoms with van der Waals surface area (Å²) in [5.74, 6) is -1.21. The third-order valence-electron chi connectivity index (χ3n) is 4.81.